The van der Waals surface area contributed by atoms with Gasteiger partial charge in [0, 0.05) is 31.3 Å². The summed E-state index contributed by atoms with van der Waals surface area (Å²) in [6, 6.07) is 1.96. The van der Waals surface area contributed by atoms with Gasteiger partial charge in [0.25, 0.3) is 0 Å². The molecule has 0 atom stereocenters. The third kappa shape index (κ3) is 3.76. The summed E-state index contributed by atoms with van der Waals surface area (Å²) in [4.78, 5) is 25.3. The second kappa shape index (κ2) is 6.91. The highest BCUT2D eigenvalue weighted by Gasteiger charge is 2.25. The minimum atomic E-state index is -0.0301. The standard InChI is InChI=1S/C15H19N5O2S/c1-11(21)19-5-2-12(3-6-19)15(22)16-8-13-9-20(18-17-13)14-4-7-23-10-14/h4,7,9-10,12H,2-3,5-6,8H2,1H3,(H,16,22). The molecule has 0 bridgehead atoms. The molecule has 1 saturated heterocycles. The summed E-state index contributed by atoms with van der Waals surface area (Å²) in [6.45, 7) is 3.25. The van der Waals surface area contributed by atoms with Crippen molar-refractivity contribution >= 4 is 23.2 Å². The minimum absolute atomic E-state index is 0.0262. The van der Waals surface area contributed by atoms with Gasteiger partial charge in [-0.05, 0) is 24.3 Å². The maximum Gasteiger partial charge on any atom is 0.223 e. The van der Waals surface area contributed by atoms with Crippen molar-refractivity contribution in [2.45, 2.75) is 26.3 Å². The van der Waals surface area contributed by atoms with Gasteiger partial charge in [-0.1, -0.05) is 5.21 Å². The number of piperidine rings is 1. The molecule has 0 saturated carbocycles. The molecule has 3 rings (SSSR count). The number of thiophene rings is 1. The fourth-order valence-electron chi connectivity index (χ4n) is 2.67. The summed E-state index contributed by atoms with van der Waals surface area (Å²) < 4.78 is 1.70. The molecule has 0 spiro atoms. The van der Waals surface area contributed by atoms with E-state index in [0.717, 1.165) is 11.4 Å². The highest BCUT2D eigenvalue weighted by atomic mass is 32.1. The van der Waals surface area contributed by atoms with Gasteiger partial charge >= 0.3 is 0 Å². The Hall–Kier alpha value is -2.22. The van der Waals surface area contributed by atoms with Crippen LogP contribution in [-0.2, 0) is 16.1 Å². The lowest BCUT2D eigenvalue weighted by Gasteiger charge is -2.30. The second-order valence-electron chi connectivity index (χ2n) is 5.63. The lowest BCUT2D eigenvalue weighted by molar-refractivity contribution is -0.134. The molecule has 23 heavy (non-hydrogen) atoms. The van der Waals surface area contributed by atoms with E-state index >= 15 is 0 Å². The lowest BCUT2D eigenvalue weighted by Crippen LogP contribution is -2.42. The zero-order valence-corrected chi connectivity index (χ0v) is 13.8. The highest BCUT2D eigenvalue weighted by Crippen LogP contribution is 2.17. The topological polar surface area (TPSA) is 80.1 Å². The number of aromatic nitrogens is 3. The van der Waals surface area contributed by atoms with Crippen LogP contribution in [0, 0.1) is 5.92 Å². The second-order valence-corrected chi connectivity index (χ2v) is 6.41. The van der Waals surface area contributed by atoms with Crippen molar-refractivity contribution in [2.24, 2.45) is 5.92 Å². The van der Waals surface area contributed by atoms with Crippen molar-refractivity contribution in [1.29, 1.82) is 0 Å². The average molecular weight is 333 g/mol. The average Bonchev–Trinajstić information content (AvgIpc) is 3.23. The summed E-state index contributed by atoms with van der Waals surface area (Å²) in [5, 5.41) is 15.0. The first-order valence-electron chi connectivity index (χ1n) is 7.60. The number of hydrogen-bond acceptors (Lipinski definition) is 5. The van der Waals surface area contributed by atoms with Gasteiger partial charge in [0.15, 0.2) is 0 Å². The number of likely N-dealkylation sites (tertiary alicyclic amines) is 1. The van der Waals surface area contributed by atoms with Gasteiger partial charge in [-0.3, -0.25) is 9.59 Å². The van der Waals surface area contributed by atoms with E-state index in [9.17, 15) is 9.59 Å². The van der Waals surface area contributed by atoms with Crippen LogP contribution in [-0.4, -0.2) is 44.8 Å². The molecule has 2 amide bonds. The van der Waals surface area contributed by atoms with Crippen LogP contribution in [0.2, 0.25) is 0 Å². The van der Waals surface area contributed by atoms with Crippen LogP contribution in [0.3, 0.4) is 0 Å². The fraction of sp³-hybridized carbons (Fsp3) is 0.467. The molecule has 0 unspecified atom stereocenters. The molecule has 1 aliphatic rings. The van der Waals surface area contributed by atoms with Gasteiger partial charge in [0.1, 0.15) is 5.69 Å². The normalized spacial score (nSPS) is 15.6. The SMILES string of the molecule is CC(=O)N1CCC(C(=O)NCc2cn(-c3ccsc3)nn2)CC1. The molecule has 122 valence electrons. The smallest absolute Gasteiger partial charge is 0.223 e. The number of nitrogens with one attached hydrogen (secondary N) is 1. The molecular weight excluding hydrogens is 314 g/mol. The largest absolute Gasteiger partial charge is 0.350 e. The monoisotopic (exact) mass is 333 g/mol. The van der Waals surface area contributed by atoms with Crippen molar-refractivity contribution in [1.82, 2.24) is 25.2 Å². The van der Waals surface area contributed by atoms with E-state index in [1.807, 2.05) is 23.0 Å². The molecule has 2 aromatic heterocycles. The molecule has 0 aromatic carbocycles. The molecule has 8 heteroatoms. The zero-order chi connectivity index (χ0) is 16.2. The van der Waals surface area contributed by atoms with E-state index in [4.69, 9.17) is 0 Å². The van der Waals surface area contributed by atoms with E-state index < -0.39 is 0 Å². The Morgan fingerprint density at radius 1 is 1.39 bits per heavy atom. The predicted molar refractivity (Wildman–Crippen MR) is 86.1 cm³/mol. The van der Waals surface area contributed by atoms with Crippen molar-refractivity contribution in [2.75, 3.05) is 13.1 Å². The number of nitrogens with zero attached hydrogens (tertiary/aromatic N) is 4. The first-order valence-corrected chi connectivity index (χ1v) is 8.55. The molecule has 1 N–H and O–H groups in total. The fourth-order valence-corrected chi connectivity index (χ4v) is 3.29. The third-order valence-corrected chi connectivity index (χ3v) is 4.74. The van der Waals surface area contributed by atoms with Crippen LogP contribution >= 0.6 is 11.3 Å². The Morgan fingerprint density at radius 3 is 2.83 bits per heavy atom. The maximum absolute atomic E-state index is 12.2. The number of carbonyl (C=O) groups excluding carboxylic acids is 2. The van der Waals surface area contributed by atoms with E-state index in [0.29, 0.717) is 32.5 Å². The van der Waals surface area contributed by atoms with Gasteiger partial charge in [0.2, 0.25) is 11.8 Å². The molecular formula is C15H19N5O2S. The van der Waals surface area contributed by atoms with Crippen LogP contribution in [0.5, 0.6) is 0 Å². The molecule has 2 aromatic rings. The Kier molecular flexibility index (Phi) is 4.71. The quantitative estimate of drug-likeness (QED) is 0.912. The predicted octanol–water partition coefficient (Wildman–Crippen LogP) is 1.20. The Bertz CT molecular complexity index is 674. The first kappa shape index (κ1) is 15.7. The molecule has 1 fully saturated rings. The van der Waals surface area contributed by atoms with Gasteiger partial charge in [-0.2, -0.15) is 11.3 Å². The lowest BCUT2D eigenvalue weighted by atomic mass is 9.96. The zero-order valence-electron chi connectivity index (χ0n) is 12.9. The number of rotatable bonds is 4. The number of amides is 2. The third-order valence-electron chi connectivity index (χ3n) is 4.07. The summed E-state index contributed by atoms with van der Waals surface area (Å²) in [7, 11) is 0. The summed E-state index contributed by atoms with van der Waals surface area (Å²) in [5.74, 6) is 0.0738. The summed E-state index contributed by atoms with van der Waals surface area (Å²) >= 11 is 1.60. The van der Waals surface area contributed by atoms with Crippen LogP contribution in [0.4, 0.5) is 0 Å². The molecule has 3 heterocycles. The van der Waals surface area contributed by atoms with Gasteiger partial charge in [-0.15, -0.1) is 5.10 Å². The van der Waals surface area contributed by atoms with Crippen molar-refractivity contribution < 1.29 is 9.59 Å². The number of carbonyl (C=O) groups is 2. The molecule has 0 radical (unpaired) electrons. The van der Waals surface area contributed by atoms with Gasteiger partial charge < -0.3 is 10.2 Å². The van der Waals surface area contributed by atoms with Crippen molar-refractivity contribution in [3.8, 4) is 5.69 Å². The van der Waals surface area contributed by atoms with Gasteiger partial charge in [0.05, 0.1) is 18.4 Å². The van der Waals surface area contributed by atoms with Crippen molar-refractivity contribution in [3.05, 3.63) is 28.7 Å². The van der Waals surface area contributed by atoms with E-state index in [1.54, 1.807) is 27.8 Å². The molecule has 0 aliphatic carbocycles. The van der Waals surface area contributed by atoms with Crippen LogP contribution < -0.4 is 5.32 Å². The summed E-state index contributed by atoms with van der Waals surface area (Å²) in [5.41, 5.74) is 1.70. The van der Waals surface area contributed by atoms with Crippen LogP contribution in [0.1, 0.15) is 25.5 Å². The van der Waals surface area contributed by atoms with E-state index in [-0.39, 0.29) is 17.7 Å². The molecule has 7 nitrogen and oxygen atoms in total. The van der Waals surface area contributed by atoms with Crippen molar-refractivity contribution in [3.63, 3.8) is 0 Å². The van der Waals surface area contributed by atoms with Crippen LogP contribution in [0.15, 0.2) is 23.0 Å². The van der Waals surface area contributed by atoms with Crippen LogP contribution in [0.25, 0.3) is 5.69 Å². The Labute approximate surface area is 138 Å². The Morgan fingerprint density at radius 2 is 2.17 bits per heavy atom. The van der Waals surface area contributed by atoms with Gasteiger partial charge in [-0.25, -0.2) is 4.68 Å². The Balaban J connectivity index is 1.49. The molecule has 1 aliphatic heterocycles. The summed E-state index contributed by atoms with van der Waals surface area (Å²) in [6.07, 6.45) is 3.25. The highest BCUT2D eigenvalue weighted by molar-refractivity contribution is 7.08. The first-order chi connectivity index (χ1) is 11.1. The minimum Gasteiger partial charge on any atom is -0.350 e. The van der Waals surface area contributed by atoms with E-state index in [2.05, 4.69) is 15.6 Å². The van der Waals surface area contributed by atoms with E-state index in [1.165, 1.54) is 0 Å². The maximum atomic E-state index is 12.2. The number of hydrogen-bond donors (Lipinski definition) is 1.